The predicted octanol–water partition coefficient (Wildman–Crippen LogP) is 2.23. The van der Waals surface area contributed by atoms with E-state index in [-0.39, 0.29) is 11.8 Å². The van der Waals surface area contributed by atoms with Gasteiger partial charge in [-0.15, -0.1) is 11.3 Å². The van der Waals surface area contributed by atoms with Crippen molar-refractivity contribution >= 4 is 22.9 Å². The number of anilines is 1. The van der Waals surface area contributed by atoms with Crippen LogP contribution in [0.1, 0.15) is 11.8 Å². The molecule has 1 fully saturated rings. The summed E-state index contributed by atoms with van der Waals surface area (Å²) in [6.07, 6.45) is 3.30. The monoisotopic (exact) mass is 341 g/mol. The van der Waals surface area contributed by atoms with Crippen LogP contribution in [0.25, 0.3) is 10.7 Å². The standard InChI is InChI=1S/C16H15N5O2S/c22-14(18-12-3-1-5-17-7-12)10-21-8-11(9-21)16-19-15(20-23-16)13-4-2-6-24-13/h1-7,11H,8-10H2,(H,18,22). The first-order valence-corrected chi connectivity index (χ1v) is 8.45. The molecule has 8 heteroatoms. The number of hydrogen-bond donors (Lipinski definition) is 1. The van der Waals surface area contributed by atoms with Gasteiger partial charge < -0.3 is 9.84 Å². The van der Waals surface area contributed by atoms with Crippen LogP contribution in [0.4, 0.5) is 5.69 Å². The zero-order chi connectivity index (χ0) is 16.4. The van der Waals surface area contributed by atoms with Gasteiger partial charge in [-0.2, -0.15) is 4.98 Å². The molecular formula is C16H15N5O2S. The fraction of sp³-hybridized carbons (Fsp3) is 0.250. The number of rotatable bonds is 5. The quantitative estimate of drug-likeness (QED) is 0.766. The smallest absolute Gasteiger partial charge is 0.238 e. The SMILES string of the molecule is O=C(CN1CC(c2nc(-c3cccs3)no2)C1)Nc1cccnc1. The van der Waals surface area contributed by atoms with Crippen molar-refractivity contribution in [2.75, 3.05) is 25.0 Å². The lowest BCUT2D eigenvalue weighted by atomic mass is 10.0. The molecule has 4 heterocycles. The lowest BCUT2D eigenvalue weighted by Crippen LogP contribution is -2.48. The molecule has 122 valence electrons. The normalized spacial score (nSPS) is 15.2. The van der Waals surface area contributed by atoms with Gasteiger partial charge in [-0.3, -0.25) is 14.7 Å². The Morgan fingerprint density at radius 2 is 2.29 bits per heavy atom. The molecule has 4 rings (SSSR count). The summed E-state index contributed by atoms with van der Waals surface area (Å²) >= 11 is 1.58. The van der Waals surface area contributed by atoms with Crippen molar-refractivity contribution < 1.29 is 9.32 Å². The van der Waals surface area contributed by atoms with Gasteiger partial charge in [0, 0.05) is 19.3 Å². The summed E-state index contributed by atoms with van der Waals surface area (Å²) in [5.41, 5.74) is 0.706. The van der Waals surface area contributed by atoms with E-state index >= 15 is 0 Å². The Kier molecular flexibility index (Phi) is 4.06. The molecule has 0 aromatic carbocycles. The van der Waals surface area contributed by atoms with Gasteiger partial charge >= 0.3 is 0 Å². The van der Waals surface area contributed by atoms with Gasteiger partial charge in [0.15, 0.2) is 0 Å². The summed E-state index contributed by atoms with van der Waals surface area (Å²) in [6.45, 7) is 1.83. The van der Waals surface area contributed by atoms with Crippen molar-refractivity contribution in [3.05, 3.63) is 47.9 Å². The molecule has 0 unspecified atom stereocenters. The fourth-order valence-corrected chi connectivity index (χ4v) is 3.25. The van der Waals surface area contributed by atoms with Crippen molar-refractivity contribution in [1.29, 1.82) is 0 Å². The molecule has 0 atom stereocenters. The molecule has 0 aliphatic carbocycles. The number of amides is 1. The first-order chi connectivity index (χ1) is 11.8. The summed E-state index contributed by atoms with van der Waals surface area (Å²) in [7, 11) is 0. The van der Waals surface area contributed by atoms with Crippen LogP contribution in [0.5, 0.6) is 0 Å². The Bertz CT molecular complexity index is 812. The maximum atomic E-state index is 12.0. The number of hydrogen-bond acceptors (Lipinski definition) is 7. The fourth-order valence-electron chi connectivity index (χ4n) is 2.60. The molecule has 1 N–H and O–H groups in total. The Morgan fingerprint density at radius 3 is 3.04 bits per heavy atom. The second-order valence-electron chi connectivity index (χ2n) is 5.61. The summed E-state index contributed by atoms with van der Waals surface area (Å²) in [5, 5.41) is 8.83. The van der Waals surface area contributed by atoms with Crippen molar-refractivity contribution in [2.24, 2.45) is 0 Å². The summed E-state index contributed by atoms with van der Waals surface area (Å²) < 4.78 is 5.35. The van der Waals surface area contributed by atoms with Crippen LogP contribution in [0.2, 0.25) is 0 Å². The van der Waals surface area contributed by atoms with Gasteiger partial charge in [-0.1, -0.05) is 11.2 Å². The molecule has 1 aliphatic rings. The van der Waals surface area contributed by atoms with Gasteiger partial charge in [-0.05, 0) is 23.6 Å². The summed E-state index contributed by atoms with van der Waals surface area (Å²) in [4.78, 5) is 23.5. The maximum absolute atomic E-state index is 12.0. The van der Waals surface area contributed by atoms with Crippen LogP contribution >= 0.6 is 11.3 Å². The Labute approximate surface area is 142 Å². The van der Waals surface area contributed by atoms with Gasteiger partial charge in [0.1, 0.15) is 0 Å². The number of aromatic nitrogens is 3. The zero-order valence-corrected chi connectivity index (χ0v) is 13.6. The highest BCUT2D eigenvalue weighted by Gasteiger charge is 2.33. The minimum Gasteiger partial charge on any atom is -0.339 e. The molecule has 1 amide bonds. The van der Waals surface area contributed by atoms with E-state index in [0.29, 0.717) is 23.9 Å². The van der Waals surface area contributed by atoms with E-state index in [1.165, 1.54) is 0 Å². The van der Waals surface area contributed by atoms with Gasteiger partial charge in [0.25, 0.3) is 0 Å². The third kappa shape index (κ3) is 3.19. The number of likely N-dealkylation sites (tertiary alicyclic amines) is 1. The van der Waals surface area contributed by atoms with Gasteiger partial charge in [0.2, 0.25) is 17.6 Å². The summed E-state index contributed by atoms with van der Waals surface area (Å²) in [5.74, 6) is 1.42. The number of thiophene rings is 1. The van der Waals surface area contributed by atoms with E-state index in [2.05, 4.69) is 20.4 Å². The van der Waals surface area contributed by atoms with Crippen LogP contribution in [0, 0.1) is 0 Å². The van der Waals surface area contributed by atoms with Crippen LogP contribution in [0.3, 0.4) is 0 Å². The number of nitrogens with one attached hydrogen (secondary N) is 1. The molecule has 1 aliphatic heterocycles. The number of pyridine rings is 1. The molecule has 24 heavy (non-hydrogen) atoms. The van der Waals surface area contributed by atoms with E-state index in [0.717, 1.165) is 18.0 Å². The van der Waals surface area contributed by atoms with Crippen LogP contribution in [-0.2, 0) is 4.79 Å². The highest BCUT2D eigenvalue weighted by molar-refractivity contribution is 7.13. The van der Waals surface area contributed by atoms with Crippen molar-refractivity contribution in [3.8, 4) is 10.7 Å². The average Bonchev–Trinajstić information content (AvgIpc) is 3.22. The first kappa shape index (κ1) is 15.0. The van der Waals surface area contributed by atoms with Gasteiger partial charge in [-0.25, -0.2) is 0 Å². The Hall–Kier alpha value is -2.58. The number of nitrogens with zero attached hydrogens (tertiary/aromatic N) is 4. The predicted molar refractivity (Wildman–Crippen MR) is 89.7 cm³/mol. The molecule has 0 radical (unpaired) electrons. The van der Waals surface area contributed by atoms with E-state index in [9.17, 15) is 4.79 Å². The second-order valence-corrected chi connectivity index (χ2v) is 6.56. The van der Waals surface area contributed by atoms with E-state index in [1.54, 1.807) is 29.8 Å². The molecule has 0 spiro atoms. The lowest BCUT2D eigenvalue weighted by Gasteiger charge is -2.36. The van der Waals surface area contributed by atoms with Crippen LogP contribution < -0.4 is 5.32 Å². The number of carbonyl (C=O) groups is 1. The largest absolute Gasteiger partial charge is 0.339 e. The summed E-state index contributed by atoms with van der Waals surface area (Å²) in [6, 6.07) is 7.53. The average molecular weight is 341 g/mol. The lowest BCUT2D eigenvalue weighted by molar-refractivity contribution is -0.118. The van der Waals surface area contributed by atoms with E-state index in [4.69, 9.17) is 4.52 Å². The third-order valence-corrected chi connectivity index (χ3v) is 4.67. The molecule has 7 nitrogen and oxygen atoms in total. The second kappa shape index (κ2) is 6.50. The molecule has 3 aromatic heterocycles. The zero-order valence-electron chi connectivity index (χ0n) is 12.8. The van der Waals surface area contributed by atoms with Crippen LogP contribution in [-0.4, -0.2) is 45.6 Å². The van der Waals surface area contributed by atoms with E-state index < -0.39 is 0 Å². The van der Waals surface area contributed by atoms with Crippen molar-refractivity contribution in [1.82, 2.24) is 20.0 Å². The highest BCUT2D eigenvalue weighted by Crippen LogP contribution is 2.28. The molecular weight excluding hydrogens is 326 g/mol. The Balaban J connectivity index is 1.28. The number of carbonyl (C=O) groups excluding carboxylic acids is 1. The highest BCUT2D eigenvalue weighted by atomic mass is 32.1. The molecule has 1 saturated heterocycles. The Morgan fingerprint density at radius 1 is 1.38 bits per heavy atom. The topological polar surface area (TPSA) is 84.2 Å². The molecule has 0 saturated carbocycles. The maximum Gasteiger partial charge on any atom is 0.238 e. The first-order valence-electron chi connectivity index (χ1n) is 7.57. The minimum absolute atomic E-state index is 0.0498. The van der Waals surface area contributed by atoms with E-state index in [1.807, 2.05) is 28.5 Å². The molecule has 0 bridgehead atoms. The minimum atomic E-state index is -0.0498. The van der Waals surface area contributed by atoms with Crippen LogP contribution in [0.15, 0.2) is 46.6 Å². The van der Waals surface area contributed by atoms with Crippen molar-refractivity contribution in [3.63, 3.8) is 0 Å². The van der Waals surface area contributed by atoms with Crippen molar-refractivity contribution in [2.45, 2.75) is 5.92 Å². The van der Waals surface area contributed by atoms with Gasteiger partial charge in [0.05, 0.1) is 29.2 Å². The molecule has 3 aromatic rings. The third-order valence-electron chi connectivity index (χ3n) is 3.80.